The van der Waals surface area contributed by atoms with Gasteiger partial charge in [0.05, 0.1) is 16.8 Å². The second-order valence-corrected chi connectivity index (χ2v) is 7.54. The first-order valence-corrected chi connectivity index (χ1v) is 9.89. The van der Waals surface area contributed by atoms with Gasteiger partial charge in [-0.3, -0.25) is 4.79 Å². The number of thioether (sulfide) groups is 1. The molecule has 0 fully saturated rings. The molecule has 1 aromatic carbocycles. The molecule has 0 spiro atoms. The molecule has 1 amide bonds. The molecule has 0 radical (unpaired) electrons. The van der Waals surface area contributed by atoms with Gasteiger partial charge in [0.25, 0.3) is 5.91 Å². The standard InChI is InChI=1S/C18H16ClN3OS2/c1-22(9-13-6-7-17(19)20-8-13)18(23)15-4-2-3-5-16(15)25-11-14-10-24-12-21-14/h2-8,10,12H,9,11H2,1H3. The van der Waals surface area contributed by atoms with E-state index in [2.05, 4.69) is 9.97 Å². The molecule has 0 aliphatic heterocycles. The Bertz CT molecular complexity index is 838. The van der Waals surface area contributed by atoms with Gasteiger partial charge in [-0.15, -0.1) is 23.1 Å². The van der Waals surface area contributed by atoms with Gasteiger partial charge in [0.2, 0.25) is 0 Å². The molecule has 0 aliphatic carbocycles. The summed E-state index contributed by atoms with van der Waals surface area (Å²) in [5.41, 5.74) is 4.48. The fourth-order valence-corrected chi connectivity index (χ4v) is 4.00. The van der Waals surface area contributed by atoms with Crippen LogP contribution in [-0.4, -0.2) is 27.8 Å². The molecule has 4 nitrogen and oxygen atoms in total. The van der Waals surface area contributed by atoms with E-state index in [0.717, 1.165) is 21.9 Å². The summed E-state index contributed by atoms with van der Waals surface area (Å²) in [5, 5.41) is 2.47. The molecule has 25 heavy (non-hydrogen) atoms. The zero-order valence-corrected chi connectivity index (χ0v) is 15.9. The van der Waals surface area contributed by atoms with E-state index in [1.807, 2.05) is 41.2 Å². The van der Waals surface area contributed by atoms with Gasteiger partial charge < -0.3 is 4.90 Å². The monoisotopic (exact) mass is 389 g/mol. The molecule has 3 aromatic rings. The maximum atomic E-state index is 12.9. The van der Waals surface area contributed by atoms with Crippen molar-refractivity contribution in [3.63, 3.8) is 0 Å². The smallest absolute Gasteiger partial charge is 0.255 e. The molecule has 2 heterocycles. The van der Waals surface area contributed by atoms with Gasteiger partial charge in [0.1, 0.15) is 5.15 Å². The van der Waals surface area contributed by atoms with Gasteiger partial charge in [0.15, 0.2) is 0 Å². The number of hydrogen-bond donors (Lipinski definition) is 0. The van der Waals surface area contributed by atoms with Crippen molar-refractivity contribution in [2.24, 2.45) is 0 Å². The van der Waals surface area contributed by atoms with Gasteiger partial charge in [-0.05, 0) is 23.8 Å². The van der Waals surface area contributed by atoms with Crippen molar-refractivity contribution in [3.8, 4) is 0 Å². The molecular formula is C18H16ClN3OS2. The predicted octanol–water partition coefficient (Wildman–Crippen LogP) is 4.76. The molecule has 3 rings (SSSR count). The Balaban J connectivity index is 1.71. The number of benzene rings is 1. The summed E-state index contributed by atoms with van der Waals surface area (Å²) in [6, 6.07) is 11.3. The lowest BCUT2D eigenvalue weighted by molar-refractivity contribution is 0.0781. The van der Waals surface area contributed by atoms with E-state index in [-0.39, 0.29) is 5.91 Å². The minimum absolute atomic E-state index is 0.0173. The third-order valence-electron chi connectivity index (χ3n) is 3.53. The normalized spacial score (nSPS) is 10.6. The Kier molecular flexibility index (Phi) is 6.07. The van der Waals surface area contributed by atoms with Crippen molar-refractivity contribution in [1.82, 2.24) is 14.9 Å². The van der Waals surface area contributed by atoms with E-state index in [4.69, 9.17) is 11.6 Å². The second kappa shape index (κ2) is 8.47. The van der Waals surface area contributed by atoms with Crippen molar-refractivity contribution < 1.29 is 4.79 Å². The van der Waals surface area contributed by atoms with Crippen LogP contribution < -0.4 is 0 Å². The van der Waals surface area contributed by atoms with Crippen LogP contribution in [0.25, 0.3) is 0 Å². The van der Waals surface area contributed by atoms with Crippen molar-refractivity contribution in [2.75, 3.05) is 7.05 Å². The molecule has 2 aromatic heterocycles. The zero-order chi connectivity index (χ0) is 17.6. The third-order valence-corrected chi connectivity index (χ3v) is 5.50. The van der Waals surface area contributed by atoms with Crippen molar-refractivity contribution in [2.45, 2.75) is 17.2 Å². The summed E-state index contributed by atoms with van der Waals surface area (Å²) < 4.78 is 0. The lowest BCUT2D eigenvalue weighted by Crippen LogP contribution is -2.26. The van der Waals surface area contributed by atoms with E-state index in [1.165, 1.54) is 0 Å². The van der Waals surface area contributed by atoms with Crippen LogP contribution in [0.3, 0.4) is 0 Å². The van der Waals surface area contributed by atoms with E-state index < -0.39 is 0 Å². The Morgan fingerprint density at radius 3 is 2.80 bits per heavy atom. The summed E-state index contributed by atoms with van der Waals surface area (Å²) in [7, 11) is 1.79. The number of rotatable bonds is 6. The van der Waals surface area contributed by atoms with Crippen LogP contribution in [0.15, 0.2) is 58.4 Å². The highest BCUT2D eigenvalue weighted by Crippen LogP contribution is 2.27. The Labute approximate surface area is 159 Å². The van der Waals surface area contributed by atoms with Crippen LogP contribution >= 0.6 is 34.7 Å². The van der Waals surface area contributed by atoms with Gasteiger partial charge in [-0.1, -0.05) is 29.8 Å². The number of nitrogens with zero attached hydrogens (tertiary/aromatic N) is 3. The molecule has 0 saturated carbocycles. The fourth-order valence-electron chi connectivity index (χ4n) is 2.28. The molecule has 0 unspecified atom stereocenters. The number of hydrogen-bond acceptors (Lipinski definition) is 5. The highest BCUT2D eigenvalue weighted by molar-refractivity contribution is 7.98. The average Bonchev–Trinajstić information content (AvgIpc) is 3.15. The first kappa shape index (κ1) is 17.9. The lowest BCUT2D eigenvalue weighted by Gasteiger charge is -2.19. The van der Waals surface area contributed by atoms with Crippen LogP contribution in [-0.2, 0) is 12.3 Å². The zero-order valence-electron chi connectivity index (χ0n) is 13.6. The SMILES string of the molecule is CN(Cc1ccc(Cl)nc1)C(=O)c1ccccc1SCc1cscn1. The van der Waals surface area contributed by atoms with Crippen LogP contribution in [0.1, 0.15) is 21.6 Å². The summed E-state index contributed by atoms with van der Waals surface area (Å²) in [5.74, 6) is 0.731. The second-order valence-electron chi connectivity index (χ2n) is 5.42. The molecule has 0 saturated heterocycles. The molecular weight excluding hydrogens is 374 g/mol. The van der Waals surface area contributed by atoms with Crippen LogP contribution in [0, 0.1) is 0 Å². The molecule has 0 bridgehead atoms. The first-order chi connectivity index (χ1) is 12.1. The predicted molar refractivity (Wildman–Crippen MR) is 103 cm³/mol. The summed E-state index contributed by atoms with van der Waals surface area (Å²) in [6.07, 6.45) is 1.69. The fraction of sp³-hybridized carbons (Fsp3) is 0.167. The number of amides is 1. The van der Waals surface area contributed by atoms with Crippen molar-refractivity contribution in [1.29, 1.82) is 0 Å². The van der Waals surface area contributed by atoms with Gasteiger partial charge >= 0.3 is 0 Å². The maximum absolute atomic E-state index is 12.9. The number of thiazole rings is 1. The highest BCUT2D eigenvalue weighted by Gasteiger charge is 2.16. The molecule has 7 heteroatoms. The first-order valence-electron chi connectivity index (χ1n) is 7.58. The van der Waals surface area contributed by atoms with E-state index >= 15 is 0 Å². The van der Waals surface area contributed by atoms with Crippen LogP contribution in [0.5, 0.6) is 0 Å². The molecule has 128 valence electrons. The van der Waals surface area contributed by atoms with E-state index in [1.54, 1.807) is 47.3 Å². The Morgan fingerprint density at radius 1 is 1.24 bits per heavy atom. The minimum Gasteiger partial charge on any atom is -0.337 e. The number of carbonyl (C=O) groups excluding carboxylic acids is 1. The van der Waals surface area contributed by atoms with Crippen molar-refractivity contribution >= 4 is 40.6 Å². The molecule has 0 aliphatic rings. The number of halogens is 1. The average molecular weight is 390 g/mol. The number of carbonyl (C=O) groups is 1. The van der Waals surface area contributed by atoms with E-state index in [9.17, 15) is 4.79 Å². The van der Waals surface area contributed by atoms with Crippen molar-refractivity contribution in [3.05, 3.63) is 75.5 Å². The summed E-state index contributed by atoms with van der Waals surface area (Å²) >= 11 is 9.01. The van der Waals surface area contributed by atoms with Crippen LogP contribution in [0.2, 0.25) is 5.15 Å². The molecule has 0 N–H and O–H groups in total. The van der Waals surface area contributed by atoms with Gasteiger partial charge in [-0.2, -0.15) is 0 Å². The maximum Gasteiger partial charge on any atom is 0.255 e. The van der Waals surface area contributed by atoms with Gasteiger partial charge in [0, 0.05) is 35.8 Å². The largest absolute Gasteiger partial charge is 0.337 e. The Hall–Kier alpha value is -1.89. The van der Waals surface area contributed by atoms with E-state index in [0.29, 0.717) is 17.3 Å². The Morgan fingerprint density at radius 2 is 2.08 bits per heavy atom. The summed E-state index contributed by atoms with van der Waals surface area (Å²) in [6.45, 7) is 0.480. The minimum atomic E-state index is -0.0173. The molecule has 0 atom stereocenters. The van der Waals surface area contributed by atoms with Gasteiger partial charge in [-0.25, -0.2) is 9.97 Å². The highest BCUT2D eigenvalue weighted by atomic mass is 35.5. The summed E-state index contributed by atoms with van der Waals surface area (Å²) in [4.78, 5) is 23.8. The third kappa shape index (κ3) is 4.81. The number of aromatic nitrogens is 2. The van der Waals surface area contributed by atoms with Crippen LogP contribution in [0.4, 0.5) is 0 Å². The lowest BCUT2D eigenvalue weighted by atomic mass is 10.2. The quantitative estimate of drug-likeness (QED) is 0.450. The number of pyridine rings is 1. The topological polar surface area (TPSA) is 46.1 Å².